The standard InChI is InChI=1S/C18H21N3O5.C2H3ClO2/c1-25-17(23)19-8-14-10-20(18(24)26-14)13-4-5-15-12(6-13)7-16(22)21(15)9-11-2-3-11;1-5-2(3)4/h4-6,11,14H,2-3,7-10H2,1H3,(H,19,23);1H3/t14-;/m0./s1. The SMILES string of the molecule is COC(=O)Cl.COC(=O)NC[C@H]1CN(c2ccc3c(c2)CC(=O)N3CC2CC2)C(=O)O1. The zero-order valence-electron chi connectivity index (χ0n) is 17.3. The minimum absolute atomic E-state index is 0.119. The molecule has 1 aliphatic carbocycles. The zero-order valence-corrected chi connectivity index (χ0v) is 18.0. The first-order chi connectivity index (χ1) is 14.8. The largest absolute Gasteiger partial charge is 0.457 e. The first kappa shape index (κ1) is 22.7. The van der Waals surface area contributed by atoms with Crippen molar-refractivity contribution in [1.29, 1.82) is 0 Å². The quantitative estimate of drug-likeness (QED) is 0.538. The second-order valence-electron chi connectivity index (χ2n) is 7.37. The first-order valence-corrected chi connectivity index (χ1v) is 10.2. The minimum Gasteiger partial charge on any atom is -0.457 e. The van der Waals surface area contributed by atoms with E-state index in [4.69, 9.17) is 4.74 Å². The third kappa shape index (κ3) is 5.78. The summed E-state index contributed by atoms with van der Waals surface area (Å²) in [4.78, 5) is 48.3. The number of fused-ring (bicyclic) bond motifs is 1. The Morgan fingerprint density at radius 1 is 1.23 bits per heavy atom. The van der Waals surface area contributed by atoms with Gasteiger partial charge in [0, 0.05) is 29.5 Å². The van der Waals surface area contributed by atoms with E-state index in [1.54, 1.807) is 0 Å². The molecule has 0 unspecified atom stereocenters. The van der Waals surface area contributed by atoms with Gasteiger partial charge < -0.3 is 24.4 Å². The zero-order chi connectivity index (χ0) is 22.5. The van der Waals surface area contributed by atoms with Crippen LogP contribution in [0.5, 0.6) is 0 Å². The summed E-state index contributed by atoms with van der Waals surface area (Å²) in [7, 11) is 2.50. The minimum atomic E-state index is -0.773. The summed E-state index contributed by atoms with van der Waals surface area (Å²) < 4.78 is 13.7. The number of carbonyl (C=O) groups excluding carboxylic acids is 4. The highest BCUT2D eigenvalue weighted by molar-refractivity contribution is 6.61. The fourth-order valence-electron chi connectivity index (χ4n) is 3.40. The molecular formula is C20H24ClN3O7. The lowest BCUT2D eigenvalue weighted by atomic mass is 10.1. The van der Waals surface area contributed by atoms with Crippen molar-refractivity contribution in [2.75, 3.05) is 43.7 Å². The van der Waals surface area contributed by atoms with Crippen molar-refractivity contribution in [3.05, 3.63) is 23.8 Å². The van der Waals surface area contributed by atoms with Gasteiger partial charge in [0.15, 0.2) is 0 Å². The van der Waals surface area contributed by atoms with Crippen LogP contribution in [-0.4, -0.2) is 63.5 Å². The van der Waals surface area contributed by atoms with Crippen molar-refractivity contribution in [2.24, 2.45) is 5.92 Å². The molecule has 4 rings (SSSR count). The van der Waals surface area contributed by atoms with Gasteiger partial charge in [0.25, 0.3) is 0 Å². The van der Waals surface area contributed by atoms with Gasteiger partial charge in [0.05, 0.1) is 33.7 Å². The fourth-order valence-corrected chi connectivity index (χ4v) is 3.40. The molecule has 1 saturated carbocycles. The molecule has 1 atom stereocenters. The van der Waals surface area contributed by atoms with Crippen molar-refractivity contribution in [2.45, 2.75) is 25.4 Å². The monoisotopic (exact) mass is 453 g/mol. The molecule has 0 bridgehead atoms. The van der Waals surface area contributed by atoms with E-state index in [-0.39, 0.29) is 12.5 Å². The Hall–Kier alpha value is -3.01. The number of ether oxygens (including phenoxy) is 3. The average molecular weight is 454 g/mol. The number of alkyl carbamates (subject to hydrolysis) is 1. The average Bonchev–Trinajstić information content (AvgIpc) is 3.42. The molecule has 2 fully saturated rings. The molecular weight excluding hydrogens is 430 g/mol. The molecule has 2 heterocycles. The van der Waals surface area contributed by atoms with Crippen molar-refractivity contribution < 1.29 is 33.4 Å². The van der Waals surface area contributed by atoms with E-state index in [9.17, 15) is 19.2 Å². The molecule has 0 aromatic heterocycles. The number of benzene rings is 1. The Bertz CT molecular complexity index is 874. The Kier molecular flexibility index (Phi) is 7.21. The number of nitrogens with zero attached hydrogens (tertiary/aromatic N) is 2. The Morgan fingerprint density at radius 3 is 2.55 bits per heavy atom. The normalized spacial score (nSPS) is 19.3. The Labute approximate surface area is 184 Å². The highest BCUT2D eigenvalue weighted by Crippen LogP contribution is 2.37. The summed E-state index contributed by atoms with van der Waals surface area (Å²) in [6, 6.07) is 5.64. The van der Waals surface area contributed by atoms with Crippen LogP contribution >= 0.6 is 11.6 Å². The molecule has 1 saturated heterocycles. The van der Waals surface area contributed by atoms with Gasteiger partial charge in [-0.05, 0) is 42.5 Å². The van der Waals surface area contributed by atoms with Gasteiger partial charge in [-0.3, -0.25) is 9.69 Å². The first-order valence-electron chi connectivity index (χ1n) is 9.79. The molecule has 31 heavy (non-hydrogen) atoms. The summed E-state index contributed by atoms with van der Waals surface area (Å²) in [6.07, 6.45) is 1.29. The van der Waals surface area contributed by atoms with Gasteiger partial charge >= 0.3 is 17.6 Å². The molecule has 0 spiro atoms. The van der Waals surface area contributed by atoms with Gasteiger partial charge in [-0.1, -0.05) is 0 Å². The molecule has 3 amide bonds. The number of hydrogen-bond acceptors (Lipinski definition) is 7. The molecule has 3 aliphatic rings. The lowest BCUT2D eigenvalue weighted by molar-refractivity contribution is -0.117. The van der Waals surface area contributed by atoms with E-state index in [0.29, 0.717) is 24.6 Å². The van der Waals surface area contributed by atoms with Gasteiger partial charge in [0.1, 0.15) is 6.10 Å². The predicted octanol–water partition coefficient (Wildman–Crippen LogP) is 2.66. The number of hydrogen-bond donors (Lipinski definition) is 1. The highest BCUT2D eigenvalue weighted by Gasteiger charge is 2.36. The molecule has 1 N–H and O–H groups in total. The fraction of sp³-hybridized carbons (Fsp3) is 0.500. The molecule has 1 aromatic rings. The lowest BCUT2D eigenvalue weighted by Gasteiger charge is -2.18. The van der Waals surface area contributed by atoms with E-state index in [2.05, 4.69) is 26.4 Å². The summed E-state index contributed by atoms with van der Waals surface area (Å²) in [5.41, 5.74) is 1.82. The van der Waals surface area contributed by atoms with E-state index < -0.39 is 23.7 Å². The van der Waals surface area contributed by atoms with Crippen LogP contribution in [0.25, 0.3) is 0 Å². The van der Waals surface area contributed by atoms with E-state index in [0.717, 1.165) is 17.8 Å². The Morgan fingerprint density at radius 2 is 1.94 bits per heavy atom. The van der Waals surface area contributed by atoms with Crippen molar-refractivity contribution in [3.63, 3.8) is 0 Å². The van der Waals surface area contributed by atoms with Crippen LogP contribution in [0.1, 0.15) is 18.4 Å². The van der Waals surface area contributed by atoms with Crippen LogP contribution in [0, 0.1) is 5.92 Å². The summed E-state index contributed by atoms with van der Waals surface area (Å²) in [5, 5.41) is 2.53. The predicted molar refractivity (Wildman–Crippen MR) is 112 cm³/mol. The number of methoxy groups -OCH3 is 2. The third-order valence-corrected chi connectivity index (χ3v) is 5.29. The molecule has 2 aliphatic heterocycles. The van der Waals surface area contributed by atoms with Crippen molar-refractivity contribution in [3.8, 4) is 0 Å². The van der Waals surface area contributed by atoms with E-state index in [1.807, 2.05) is 23.1 Å². The lowest BCUT2D eigenvalue weighted by Crippen LogP contribution is -2.34. The number of rotatable bonds is 5. The van der Waals surface area contributed by atoms with Gasteiger partial charge in [0.2, 0.25) is 5.91 Å². The third-order valence-electron chi connectivity index (χ3n) is 5.14. The molecule has 10 nitrogen and oxygen atoms in total. The number of halogens is 1. The maximum atomic E-state index is 12.3. The van der Waals surface area contributed by atoms with Gasteiger partial charge in [-0.2, -0.15) is 0 Å². The summed E-state index contributed by atoms with van der Waals surface area (Å²) in [5.74, 6) is 0.745. The van der Waals surface area contributed by atoms with Crippen LogP contribution in [0.4, 0.5) is 25.8 Å². The van der Waals surface area contributed by atoms with Crippen LogP contribution in [0.3, 0.4) is 0 Å². The number of anilines is 2. The van der Waals surface area contributed by atoms with Gasteiger partial charge in [-0.15, -0.1) is 0 Å². The molecule has 1 aromatic carbocycles. The van der Waals surface area contributed by atoms with E-state index in [1.165, 1.54) is 32.0 Å². The smallest absolute Gasteiger partial charge is 0.414 e. The molecule has 168 valence electrons. The van der Waals surface area contributed by atoms with Crippen molar-refractivity contribution >= 4 is 46.5 Å². The van der Waals surface area contributed by atoms with Crippen molar-refractivity contribution in [1.82, 2.24) is 5.32 Å². The second-order valence-corrected chi connectivity index (χ2v) is 7.68. The maximum absolute atomic E-state index is 12.3. The van der Waals surface area contributed by atoms with Crippen LogP contribution in [0.15, 0.2) is 18.2 Å². The molecule has 0 radical (unpaired) electrons. The maximum Gasteiger partial charge on any atom is 0.414 e. The van der Waals surface area contributed by atoms with E-state index >= 15 is 0 Å². The number of cyclic esters (lactones) is 1. The van der Waals surface area contributed by atoms with Crippen LogP contribution in [0.2, 0.25) is 0 Å². The topological polar surface area (TPSA) is 114 Å². The number of carbonyl (C=O) groups is 4. The molecule has 11 heteroatoms. The Balaban J connectivity index is 0.000000491. The highest BCUT2D eigenvalue weighted by atomic mass is 35.5. The second kappa shape index (κ2) is 9.86. The number of nitrogens with one attached hydrogen (secondary N) is 1. The summed E-state index contributed by atoms with van der Waals surface area (Å²) >= 11 is 4.60. The summed E-state index contributed by atoms with van der Waals surface area (Å²) in [6.45, 7) is 1.31. The van der Waals surface area contributed by atoms with Crippen LogP contribution in [-0.2, 0) is 25.4 Å². The number of amides is 3. The van der Waals surface area contributed by atoms with Gasteiger partial charge in [-0.25, -0.2) is 14.4 Å². The van der Waals surface area contributed by atoms with Crippen LogP contribution < -0.4 is 15.1 Å².